The molecule has 2 fully saturated rings. The van der Waals surface area contributed by atoms with Gasteiger partial charge in [-0.1, -0.05) is 6.92 Å². The third kappa shape index (κ3) is 2.80. The zero-order valence-corrected chi connectivity index (χ0v) is 9.37. The number of amides is 1. The Morgan fingerprint density at radius 1 is 1.33 bits per heavy atom. The molecule has 0 bridgehead atoms. The van der Waals surface area contributed by atoms with Gasteiger partial charge in [-0.15, -0.1) is 0 Å². The molecular weight excluding hydrogens is 190 g/mol. The van der Waals surface area contributed by atoms with Crippen LogP contribution < -0.4 is 0 Å². The lowest BCUT2D eigenvalue weighted by atomic mass is 10.0. The van der Waals surface area contributed by atoms with Crippen LogP contribution in [-0.4, -0.2) is 29.7 Å². The predicted octanol–water partition coefficient (Wildman–Crippen LogP) is 1.61. The highest BCUT2D eigenvalue weighted by Gasteiger charge is 2.32. The highest BCUT2D eigenvalue weighted by molar-refractivity contribution is 5.89. The van der Waals surface area contributed by atoms with E-state index < -0.39 is 0 Å². The van der Waals surface area contributed by atoms with Crippen LogP contribution in [0.15, 0.2) is 0 Å². The quantitative estimate of drug-likeness (QED) is 0.708. The van der Waals surface area contributed by atoms with Gasteiger partial charge < -0.3 is 4.90 Å². The molecule has 3 nitrogen and oxygen atoms in total. The van der Waals surface area contributed by atoms with Crippen molar-refractivity contribution in [1.82, 2.24) is 4.90 Å². The molecule has 0 radical (unpaired) electrons. The van der Waals surface area contributed by atoms with Crippen LogP contribution in [-0.2, 0) is 9.59 Å². The zero-order chi connectivity index (χ0) is 10.8. The first-order valence-electron chi connectivity index (χ1n) is 5.97. The molecule has 15 heavy (non-hydrogen) atoms. The van der Waals surface area contributed by atoms with Crippen LogP contribution in [0.1, 0.15) is 39.0 Å². The van der Waals surface area contributed by atoms with Crippen LogP contribution in [0.5, 0.6) is 0 Å². The maximum absolute atomic E-state index is 11.7. The molecule has 2 aliphatic rings. The summed E-state index contributed by atoms with van der Waals surface area (Å²) in [6.07, 6.45) is 4.73. The first-order valence-corrected chi connectivity index (χ1v) is 5.97. The topological polar surface area (TPSA) is 37.4 Å². The number of hydrogen-bond acceptors (Lipinski definition) is 2. The lowest BCUT2D eigenvalue weighted by molar-refractivity contribution is -0.135. The van der Waals surface area contributed by atoms with Gasteiger partial charge in [0.05, 0.1) is 6.54 Å². The average molecular weight is 209 g/mol. The summed E-state index contributed by atoms with van der Waals surface area (Å²) in [6, 6.07) is 0. The summed E-state index contributed by atoms with van der Waals surface area (Å²) in [4.78, 5) is 25.1. The van der Waals surface area contributed by atoms with Gasteiger partial charge in [0.1, 0.15) is 0 Å². The molecular formula is C12H19NO2. The Morgan fingerprint density at radius 3 is 2.73 bits per heavy atom. The van der Waals surface area contributed by atoms with Crippen LogP contribution in [0.3, 0.4) is 0 Å². The lowest BCUT2D eigenvalue weighted by Crippen LogP contribution is -2.35. The summed E-state index contributed by atoms with van der Waals surface area (Å²) >= 11 is 0. The van der Waals surface area contributed by atoms with E-state index in [1.807, 2.05) is 0 Å². The van der Waals surface area contributed by atoms with Crippen molar-refractivity contribution in [2.75, 3.05) is 13.1 Å². The first kappa shape index (κ1) is 10.7. The van der Waals surface area contributed by atoms with Gasteiger partial charge in [-0.3, -0.25) is 9.59 Å². The minimum Gasteiger partial charge on any atom is -0.335 e. The van der Waals surface area contributed by atoms with Gasteiger partial charge in [-0.2, -0.15) is 0 Å². The molecule has 1 saturated heterocycles. The fraction of sp³-hybridized carbons (Fsp3) is 0.833. The number of Topliss-reactive ketones (excluding diaryl/α,β-unsaturated/α-hetero) is 1. The Bertz CT molecular complexity index is 271. The molecule has 1 unspecified atom stereocenters. The second-order valence-electron chi connectivity index (χ2n) is 4.99. The Kier molecular flexibility index (Phi) is 3.08. The molecule has 0 aromatic carbocycles. The maximum Gasteiger partial charge on any atom is 0.222 e. The summed E-state index contributed by atoms with van der Waals surface area (Å²) in [6.45, 7) is 3.33. The number of nitrogens with zero attached hydrogens (tertiary/aromatic N) is 1. The summed E-state index contributed by atoms with van der Waals surface area (Å²) in [5.74, 6) is 1.35. The van der Waals surface area contributed by atoms with E-state index in [1.54, 1.807) is 4.90 Å². The molecule has 84 valence electrons. The van der Waals surface area contributed by atoms with Crippen LogP contribution >= 0.6 is 0 Å². The highest BCUT2D eigenvalue weighted by atomic mass is 16.2. The smallest absolute Gasteiger partial charge is 0.222 e. The van der Waals surface area contributed by atoms with E-state index in [0.29, 0.717) is 18.9 Å². The number of hydrogen-bond donors (Lipinski definition) is 0. The molecule has 1 aliphatic carbocycles. The van der Waals surface area contributed by atoms with Crippen LogP contribution in [0.2, 0.25) is 0 Å². The van der Waals surface area contributed by atoms with Gasteiger partial charge in [-0.05, 0) is 31.6 Å². The van der Waals surface area contributed by atoms with E-state index in [4.69, 9.17) is 0 Å². The monoisotopic (exact) mass is 209 g/mol. The lowest BCUT2D eigenvalue weighted by Gasteiger charge is -2.19. The Hall–Kier alpha value is -0.860. The standard InChI is InChI=1S/C12H19NO2/c1-9-2-5-12(15)13(7-6-9)8-11(14)10-3-4-10/h9-10H,2-8H2,1H3. The molecule has 0 aromatic rings. The van der Waals surface area contributed by atoms with Crippen molar-refractivity contribution in [3.63, 3.8) is 0 Å². The van der Waals surface area contributed by atoms with Gasteiger partial charge in [0.15, 0.2) is 5.78 Å². The van der Waals surface area contributed by atoms with Gasteiger partial charge in [-0.25, -0.2) is 0 Å². The molecule has 1 atom stereocenters. The third-order valence-corrected chi connectivity index (χ3v) is 3.47. The van der Waals surface area contributed by atoms with Crippen molar-refractivity contribution in [2.45, 2.75) is 39.0 Å². The number of carbonyl (C=O) groups excluding carboxylic acids is 2. The van der Waals surface area contributed by atoms with Gasteiger partial charge in [0, 0.05) is 18.9 Å². The summed E-state index contributed by atoms with van der Waals surface area (Å²) in [5.41, 5.74) is 0. The minimum absolute atomic E-state index is 0.174. The second-order valence-corrected chi connectivity index (χ2v) is 4.99. The second kappa shape index (κ2) is 4.33. The van der Waals surface area contributed by atoms with Crippen molar-refractivity contribution in [3.05, 3.63) is 0 Å². The van der Waals surface area contributed by atoms with E-state index in [2.05, 4.69) is 6.92 Å². The molecule has 0 aromatic heterocycles. The number of ketones is 1. The fourth-order valence-corrected chi connectivity index (χ4v) is 2.06. The Labute approximate surface area is 90.8 Å². The molecule has 1 heterocycles. The molecule has 1 aliphatic heterocycles. The highest BCUT2D eigenvalue weighted by Crippen LogP contribution is 2.30. The van der Waals surface area contributed by atoms with Gasteiger partial charge >= 0.3 is 0 Å². The van der Waals surface area contributed by atoms with Crippen LogP contribution in [0, 0.1) is 11.8 Å². The number of carbonyl (C=O) groups is 2. The maximum atomic E-state index is 11.7. The average Bonchev–Trinajstić information content (AvgIpc) is 3.02. The van der Waals surface area contributed by atoms with Crippen molar-refractivity contribution in [2.24, 2.45) is 11.8 Å². The fourth-order valence-electron chi connectivity index (χ4n) is 2.06. The van der Waals surface area contributed by atoms with E-state index in [-0.39, 0.29) is 17.6 Å². The zero-order valence-electron chi connectivity index (χ0n) is 9.37. The summed E-state index contributed by atoms with van der Waals surface area (Å²) < 4.78 is 0. The Morgan fingerprint density at radius 2 is 2.07 bits per heavy atom. The van der Waals surface area contributed by atoms with Crippen molar-refractivity contribution in [1.29, 1.82) is 0 Å². The third-order valence-electron chi connectivity index (χ3n) is 3.47. The molecule has 0 N–H and O–H groups in total. The largest absolute Gasteiger partial charge is 0.335 e. The van der Waals surface area contributed by atoms with Gasteiger partial charge in [0.2, 0.25) is 5.91 Å². The van der Waals surface area contributed by atoms with E-state index in [0.717, 1.165) is 32.2 Å². The molecule has 3 heteroatoms. The van der Waals surface area contributed by atoms with Gasteiger partial charge in [0.25, 0.3) is 0 Å². The van der Waals surface area contributed by atoms with Crippen LogP contribution in [0.25, 0.3) is 0 Å². The molecule has 2 rings (SSSR count). The van der Waals surface area contributed by atoms with E-state index in [1.165, 1.54) is 0 Å². The van der Waals surface area contributed by atoms with Crippen molar-refractivity contribution < 1.29 is 9.59 Å². The summed E-state index contributed by atoms with van der Waals surface area (Å²) in [5, 5.41) is 0. The van der Waals surface area contributed by atoms with Crippen molar-refractivity contribution in [3.8, 4) is 0 Å². The number of rotatable bonds is 3. The molecule has 0 spiro atoms. The summed E-state index contributed by atoms with van der Waals surface area (Å²) in [7, 11) is 0. The normalized spacial score (nSPS) is 27.7. The predicted molar refractivity (Wildman–Crippen MR) is 57.3 cm³/mol. The molecule has 1 saturated carbocycles. The Balaban J connectivity index is 1.88. The first-order chi connectivity index (χ1) is 7.16. The van der Waals surface area contributed by atoms with E-state index in [9.17, 15) is 9.59 Å². The van der Waals surface area contributed by atoms with Crippen LogP contribution in [0.4, 0.5) is 0 Å². The SMILES string of the molecule is CC1CCC(=O)N(CC(=O)C2CC2)CC1. The molecule has 1 amide bonds. The minimum atomic E-state index is 0.174. The van der Waals surface area contributed by atoms with Crippen molar-refractivity contribution >= 4 is 11.7 Å². The number of likely N-dealkylation sites (tertiary alicyclic amines) is 1. The van der Waals surface area contributed by atoms with E-state index >= 15 is 0 Å².